The Kier molecular flexibility index (Phi) is 5.08. The predicted octanol–water partition coefficient (Wildman–Crippen LogP) is 1.54. The van der Waals surface area contributed by atoms with Crippen LogP contribution in [0.3, 0.4) is 0 Å². The summed E-state index contributed by atoms with van der Waals surface area (Å²) in [5, 5.41) is 11.5. The van der Waals surface area contributed by atoms with E-state index in [2.05, 4.69) is 15.5 Å². The maximum Gasteiger partial charge on any atom is 0.248 e. The van der Waals surface area contributed by atoms with Crippen LogP contribution >= 0.6 is 0 Å². The fourth-order valence-corrected chi connectivity index (χ4v) is 3.26. The van der Waals surface area contributed by atoms with Crippen molar-refractivity contribution in [1.82, 2.24) is 25.1 Å². The summed E-state index contributed by atoms with van der Waals surface area (Å²) in [6, 6.07) is 5.64. The van der Waals surface area contributed by atoms with E-state index in [0.29, 0.717) is 25.3 Å². The van der Waals surface area contributed by atoms with Gasteiger partial charge < -0.3 is 9.64 Å². The van der Waals surface area contributed by atoms with Crippen molar-refractivity contribution in [2.75, 3.05) is 13.1 Å². The Labute approximate surface area is 145 Å². The number of aryl methyl sites for hydroxylation is 1. The minimum Gasteiger partial charge on any atom is -0.372 e. The van der Waals surface area contributed by atoms with Crippen LogP contribution in [0.4, 0.5) is 4.39 Å². The average Bonchev–Trinajstić information content (AvgIpc) is 2.97. The molecule has 25 heavy (non-hydrogen) atoms. The van der Waals surface area contributed by atoms with Crippen LogP contribution < -0.4 is 0 Å². The Bertz CT molecular complexity index is 740. The van der Waals surface area contributed by atoms with Gasteiger partial charge in [-0.25, -0.2) is 9.07 Å². The van der Waals surface area contributed by atoms with E-state index in [9.17, 15) is 9.18 Å². The smallest absolute Gasteiger partial charge is 0.248 e. The number of ether oxygens (including phenoxy) is 1. The van der Waals surface area contributed by atoms with E-state index in [1.165, 1.54) is 16.8 Å². The Morgan fingerprint density at radius 2 is 2.08 bits per heavy atom. The number of hydrogen-bond donors (Lipinski definition) is 0. The number of morpholine rings is 1. The first-order valence-corrected chi connectivity index (χ1v) is 8.37. The minimum atomic E-state index is -0.616. The quantitative estimate of drug-likeness (QED) is 0.839. The van der Waals surface area contributed by atoms with Gasteiger partial charge in [-0.2, -0.15) is 0 Å². The van der Waals surface area contributed by atoms with Crippen LogP contribution in [0, 0.1) is 12.7 Å². The van der Waals surface area contributed by atoms with Crippen molar-refractivity contribution in [3.8, 4) is 0 Å². The van der Waals surface area contributed by atoms with Crippen LogP contribution in [-0.2, 0) is 16.0 Å². The molecule has 134 valence electrons. The third kappa shape index (κ3) is 4.01. The van der Waals surface area contributed by atoms with Crippen molar-refractivity contribution in [2.45, 2.75) is 45.4 Å². The lowest BCUT2D eigenvalue weighted by Gasteiger charge is -2.37. The highest BCUT2D eigenvalue weighted by molar-refractivity contribution is 5.81. The molecule has 3 atom stereocenters. The van der Waals surface area contributed by atoms with Gasteiger partial charge in [-0.15, -0.1) is 5.10 Å². The number of carbonyl (C=O) groups excluding carboxylic acids is 1. The monoisotopic (exact) mass is 347 g/mol. The molecule has 2 aromatic rings. The first kappa shape index (κ1) is 17.5. The van der Waals surface area contributed by atoms with E-state index in [4.69, 9.17) is 4.74 Å². The third-order valence-electron chi connectivity index (χ3n) is 4.29. The molecule has 0 saturated carbocycles. The molecule has 1 amide bonds. The Morgan fingerprint density at radius 3 is 2.68 bits per heavy atom. The molecule has 0 N–H and O–H groups in total. The van der Waals surface area contributed by atoms with Crippen molar-refractivity contribution in [2.24, 2.45) is 0 Å². The summed E-state index contributed by atoms with van der Waals surface area (Å²) in [6.45, 7) is 6.67. The highest BCUT2D eigenvalue weighted by atomic mass is 19.1. The lowest BCUT2D eigenvalue weighted by Crippen LogP contribution is -2.50. The lowest BCUT2D eigenvalue weighted by atomic mass is 10.0. The summed E-state index contributed by atoms with van der Waals surface area (Å²) >= 11 is 0. The number of benzene rings is 1. The molecule has 0 bridgehead atoms. The summed E-state index contributed by atoms with van der Waals surface area (Å²) < 4.78 is 20.8. The van der Waals surface area contributed by atoms with Crippen LogP contribution in [-0.4, -0.2) is 56.3 Å². The van der Waals surface area contributed by atoms with Crippen molar-refractivity contribution in [3.05, 3.63) is 41.5 Å². The lowest BCUT2D eigenvalue weighted by molar-refractivity contribution is -0.147. The molecular formula is C17H22FN5O2. The van der Waals surface area contributed by atoms with Crippen molar-refractivity contribution < 1.29 is 13.9 Å². The molecule has 0 aliphatic carbocycles. The molecule has 2 heterocycles. The van der Waals surface area contributed by atoms with Gasteiger partial charge in [-0.05, 0) is 48.9 Å². The summed E-state index contributed by atoms with van der Waals surface area (Å²) in [4.78, 5) is 15.0. The molecule has 1 fully saturated rings. The standard InChI is InChI=1S/C17H22FN5O2/c1-11-9-22(10-12(2)25-11)17(24)16(23-13(3)19-20-21-23)8-14-5-4-6-15(18)7-14/h4-7,11-12,16H,8-10H2,1-3H3/t11-,12-,16+/m0/s1. The van der Waals surface area contributed by atoms with E-state index >= 15 is 0 Å². The predicted molar refractivity (Wildman–Crippen MR) is 88.3 cm³/mol. The van der Waals surface area contributed by atoms with Crippen LogP contribution in [0.15, 0.2) is 24.3 Å². The number of halogens is 1. The van der Waals surface area contributed by atoms with E-state index in [1.807, 2.05) is 13.8 Å². The van der Waals surface area contributed by atoms with E-state index < -0.39 is 6.04 Å². The molecule has 8 heteroatoms. The van der Waals surface area contributed by atoms with Crippen LogP contribution in [0.5, 0.6) is 0 Å². The van der Waals surface area contributed by atoms with Crippen LogP contribution in [0.25, 0.3) is 0 Å². The second-order valence-corrected chi connectivity index (χ2v) is 6.52. The maximum atomic E-state index is 13.5. The SMILES string of the molecule is Cc1nnnn1[C@H](Cc1cccc(F)c1)C(=O)N1C[C@H](C)O[C@@H](C)C1. The van der Waals surface area contributed by atoms with Gasteiger partial charge in [0.15, 0.2) is 0 Å². The molecular weight excluding hydrogens is 325 g/mol. The third-order valence-corrected chi connectivity index (χ3v) is 4.29. The van der Waals surface area contributed by atoms with Gasteiger partial charge in [0.1, 0.15) is 17.7 Å². The van der Waals surface area contributed by atoms with Gasteiger partial charge in [-0.1, -0.05) is 12.1 Å². The van der Waals surface area contributed by atoms with Gasteiger partial charge in [0, 0.05) is 19.5 Å². The van der Waals surface area contributed by atoms with E-state index in [1.54, 1.807) is 24.0 Å². The van der Waals surface area contributed by atoms with Gasteiger partial charge in [0.25, 0.3) is 0 Å². The average molecular weight is 347 g/mol. The molecule has 1 saturated heterocycles. The fraction of sp³-hybridized carbons (Fsp3) is 0.529. The molecule has 1 aromatic heterocycles. The zero-order valence-corrected chi connectivity index (χ0v) is 14.6. The van der Waals surface area contributed by atoms with Crippen molar-refractivity contribution in [3.63, 3.8) is 0 Å². The van der Waals surface area contributed by atoms with E-state index in [-0.39, 0.29) is 23.9 Å². The molecule has 0 unspecified atom stereocenters. The molecule has 0 radical (unpaired) electrons. The van der Waals surface area contributed by atoms with E-state index in [0.717, 1.165) is 5.56 Å². The number of nitrogens with zero attached hydrogens (tertiary/aromatic N) is 5. The number of rotatable bonds is 4. The van der Waals surface area contributed by atoms with Gasteiger partial charge in [0.05, 0.1) is 12.2 Å². The summed E-state index contributed by atoms with van der Waals surface area (Å²) in [7, 11) is 0. The Hall–Kier alpha value is -2.35. The first-order valence-electron chi connectivity index (χ1n) is 8.37. The minimum absolute atomic E-state index is 0.0301. The molecule has 7 nitrogen and oxygen atoms in total. The normalized spacial score (nSPS) is 22.0. The van der Waals surface area contributed by atoms with Crippen LogP contribution in [0.1, 0.15) is 31.3 Å². The molecule has 1 aliphatic heterocycles. The molecule has 0 spiro atoms. The van der Waals surface area contributed by atoms with Gasteiger partial charge >= 0.3 is 0 Å². The number of tetrazole rings is 1. The molecule has 3 rings (SSSR count). The zero-order chi connectivity index (χ0) is 18.0. The molecule has 1 aromatic carbocycles. The van der Waals surface area contributed by atoms with Crippen molar-refractivity contribution in [1.29, 1.82) is 0 Å². The maximum absolute atomic E-state index is 13.5. The van der Waals surface area contributed by atoms with Crippen LogP contribution in [0.2, 0.25) is 0 Å². The number of aromatic nitrogens is 4. The van der Waals surface area contributed by atoms with Crippen molar-refractivity contribution >= 4 is 5.91 Å². The number of carbonyl (C=O) groups is 1. The second-order valence-electron chi connectivity index (χ2n) is 6.52. The zero-order valence-electron chi connectivity index (χ0n) is 14.6. The summed E-state index contributed by atoms with van der Waals surface area (Å²) in [5.74, 6) is 0.136. The summed E-state index contributed by atoms with van der Waals surface area (Å²) in [5.41, 5.74) is 0.725. The molecule has 1 aliphatic rings. The Balaban J connectivity index is 1.88. The largest absolute Gasteiger partial charge is 0.372 e. The first-order chi connectivity index (χ1) is 11.9. The summed E-state index contributed by atoms with van der Waals surface area (Å²) in [6.07, 6.45) is 0.262. The fourth-order valence-electron chi connectivity index (χ4n) is 3.26. The van der Waals surface area contributed by atoms with Gasteiger partial charge in [-0.3, -0.25) is 4.79 Å². The Morgan fingerprint density at radius 1 is 1.36 bits per heavy atom. The second kappa shape index (κ2) is 7.26. The highest BCUT2D eigenvalue weighted by Gasteiger charge is 2.33. The van der Waals surface area contributed by atoms with Gasteiger partial charge in [0.2, 0.25) is 5.91 Å². The number of amides is 1. The highest BCUT2D eigenvalue weighted by Crippen LogP contribution is 2.21. The topological polar surface area (TPSA) is 73.1 Å². The number of hydrogen-bond acceptors (Lipinski definition) is 5.